The molecule has 0 spiro atoms. The van der Waals surface area contributed by atoms with E-state index in [2.05, 4.69) is 20.3 Å². The third-order valence-electron chi connectivity index (χ3n) is 3.59. The van der Waals surface area contributed by atoms with Gasteiger partial charge >= 0.3 is 0 Å². The Kier molecular flexibility index (Phi) is 4.72. The zero-order valence-corrected chi connectivity index (χ0v) is 14.3. The molecule has 1 N–H and O–H groups in total. The molecule has 1 amide bonds. The van der Waals surface area contributed by atoms with Crippen LogP contribution in [0.15, 0.2) is 42.7 Å². The molecule has 0 unspecified atom stereocenters. The predicted octanol–water partition coefficient (Wildman–Crippen LogP) is 4.20. The number of rotatable bonds is 3. The van der Waals surface area contributed by atoms with Crippen LogP contribution in [0.2, 0.25) is 5.02 Å². The summed E-state index contributed by atoms with van der Waals surface area (Å²) in [5.41, 5.74) is 3.28. The van der Waals surface area contributed by atoms with E-state index in [9.17, 15) is 9.18 Å². The summed E-state index contributed by atoms with van der Waals surface area (Å²) in [6, 6.07) is 9.42. The molecule has 2 heterocycles. The Bertz CT molecular complexity index is 962. The minimum atomic E-state index is -0.551. The van der Waals surface area contributed by atoms with Crippen molar-refractivity contribution in [1.29, 1.82) is 0 Å². The number of carbonyl (C=O) groups excluding carboxylic acids is 1. The monoisotopic (exact) mass is 356 g/mol. The van der Waals surface area contributed by atoms with Gasteiger partial charge in [-0.25, -0.2) is 14.4 Å². The number of benzene rings is 1. The molecule has 0 aliphatic rings. The number of aryl methyl sites for hydroxylation is 2. The van der Waals surface area contributed by atoms with Crippen molar-refractivity contribution < 1.29 is 9.18 Å². The highest BCUT2D eigenvalue weighted by Gasteiger charge is 2.12. The summed E-state index contributed by atoms with van der Waals surface area (Å²) in [6.07, 6.45) is 1.26. The zero-order chi connectivity index (χ0) is 18.0. The van der Waals surface area contributed by atoms with Crippen molar-refractivity contribution in [2.24, 2.45) is 0 Å². The molecule has 0 fully saturated rings. The smallest absolute Gasteiger partial charge is 0.274 e. The van der Waals surface area contributed by atoms with Crippen LogP contribution in [-0.2, 0) is 0 Å². The normalized spacial score (nSPS) is 10.6. The van der Waals surface area contributed by atoms with E-state index in [-0.39, 0.29) is 10.7 Å². The number of carbonyl (C=O) groups is 1. The molecule has 25 heavy (non-hydrogen) atoms. The fraction of sp³-hybridized carbons (Fsp3) is 0.111. The molecule has 0 atom stereocenters. The summed E-state index contributed by atoms with van der Waals surface area (Å²) in [6.45, 7) is 3.69. The van der Waals surface area contributed by atoms with Crippen LogP contribution >= 0.6 is 11.6 Å². The first kappa shape index (κ1) is 17.0. The third kappa shape index (κ3) is 3.80. The lowest BCUT2D eigenvalue weighted by molar-refractivity contribution is 0.102. The Labute approximate surface area is 148 Å². The Hall–Kier alpha value is -2.86. The van der Waals surface area contributed by atoms with Crippen LogP contribution < -0.4 is 5.32 Å². The first-order valence-corrected chi connectivity index (χ1v) is 7.85. The fourth-order valence-electron chi connectivity index (χ4n) is 2.30. The number of pyridine rings is 1. The number of aromatic nitrogens is 3. The summed E-state index contributed by atoms with van der Waals surface area (Å²) in [7, 11) is 0. The van der Waals surface area contributed by atoms with Crippen LogP contribution in [0.25, 0.3) is 11.3 Å². The summed E-state index contributed by atoms with van der Waals surface area (Å²) in [5.74, 6) is -0.947. The number of halogens is 2. The summed E-state index contributed by atoms with van der Waals surface area (Å²) < 4.78 is 13.6. The lowest BCUT2D eigenvalue weighted by Crippen LogP contribution is -2.15. The second-order valence-electron chi connectivity index (χ2n) is 5.46. The molecule has 3 aromatic rings. The molecule has 5 nitrogen and oxygen atoms in total. The van der Waals surface area contributed by atoms with Gasteiger partial charge in [-0.05, 0) is 44.2 Å². The highest BCUT2D eigenvalue weighted by atomic mass is 35.5. The van der Waals surface area contributed by atoms with Gasteiger partial charge in [0, 0.05) is 11.3 Å². The van der Waals surface area contributed by atoms with Gasteiger partial charge in [-0.3, -0.25) is 9.78 Å². The highest BCUT2D eigenvalue weighted by Crippen LogP contribution is 2.23. The Balaban J connectivity index is 1.87. The topological polar surface area (TPSA) is 67.8 Å². The first-order valence-electron chi connectivity index (χ1n) is 7.47. The van der Waals surface area contributed by atoms with E-state index >= 15 is 0 Å². The van der Waals surface area contributed by atoms with E-state index in [1.807, 2.05) is 19.9 Å². The molecular weight excluding hydrogens is 343 g/mol. The molecule has 0 radical (unpaired) electrons. The lowest BCUT2D eigenvalue weighted by atomic mass is 10.1. The van der Waals surface area contributed by atoms with Gasteiger partial charge in [-0.15, -0.1) is 0 Å². The van der Waals surface area contributed by atoms with Crippen LogP contribution in [-0.4, -0.2) is 20.9 Å². The van der Waals surface area contributed by atoms with E-state index in [0.29, 0.717) is 22.6 Å². The molecule has 0 saturated heterocycles. The van der Waals surface area contributed by atoms with Crippen molar-refractivity contribution in [3.63, 3.8) is 0 Å². The zero-order valence-electron chi connectivity index (χ0n) is 13.5. The number of amides is 1. The number of nitrogens with one attached hydrogen (secondary N) is 1. The average Bonchev–Trinajstić information content (AvgIpc) is 2.60. The van der Waals surface area contributed by atoms with Crippen molar-refractivity contribution in [2.75, 3.05) is 5.32 Å². The molecule has 0 aliphatic carbocycles. The minimum absolute atomic E-state index is 0.0260. The summed E-state index contributed by atoms with van der Waals surface area (Å²) in [4.78, 5) is 24.8. The van der Waals surface area contributed by atoms with E-state index in [0.717, 1.165) is 5.69 Å². The van der Waals surface area contributed by atoms with Gasteiger partial charge in [-0.1, -0.05) is 17.7 Å². The molecular formula is C18H14ClFN4O. The van der Waals surface area contributed by atoms with E-state index < -0.39 is 11.7 Å². The highest BCUT2D eigenvalue weighted by molar-refractivity contribution is 6.30. The van der Waals surface area contributed by atoms with Gasteiger partial charge in [-0.2, -0.15) is 0 Å². The Morgan fingerprint density at radius 2 is 1.92 bits per heavy atom. The van der Waals surface area contributed by atoms with Gasteiger partial charge in [0.15, 0.2) is 0 Å². The molecule has 0 aliphatic heterocycles. The van der Waals surface area contributed by atoms with Crippen molar-refractivity contribution in [1.82, 2.24) is 15.0 Å². The van der Waals surface area contributed by atoms with E-state index in [1.54, 1.807) is 12.1 Å². The molecule has 0 bridgehead atoms. The number of nitrogens with zero attached hydrogens (tertiary/aromatic N) is 3. The van der Waals surface area contributed by atoms with Crippen molar-refractivity contribution in [3.8, 4) is 11.3 Å². The minimum Gasteiger partial charge on any atom is -0.319 e. The molecule has 126 valence electrons. The van der Waals surface area contributed by atoms with Crippen LogP contribution in [0.1, 0.15) is 21.9 Å². The maximum atomic E-state index is 13.6. The maximum absolute atomic E-state index is 13.6. The standard InChI is InChI=1S/C18H14ClFN4O/c1-10-3-6-15(11(2)23-10)24-18(25)17-8-16(21-9-22-17)12-4-5-13(19)14(20)7-12/h3-9H,1-2H3,(H,24,25). The van der Waals surface area contributed by atoms with Gasteiger partial charge < -0.3 is 5.32 Å². The van der Waals surface area contributed by atoms with E-state index in [1.165, 1.54) is 24.5 Å². The third-order valence-corrected chi connectivity index (χ3v) is 3.89. The summed E-state index contributed by atoms with van der Waals surface area (Å²) >= 11 is 5.69. The number of hydrogen-bond donors (Lipinski definition) is 1. The molecule has 2 aromatic heterocycles. The molecule has 3 rings (SSSR count). The SMILES string of the molecule is Cc1ccc(NC(=O)c2cc(-c3ccc(Cl)c(F)c3)ncn2)c(C)n1. The Morgan fingerprint density at radius 1 is 1.12 bits per heavy atom. The average molecular weight is 357 g/mol. The van der Waals surface area contributed by atoms with Gasteiger partial charge in [0.25, 0.3) is 5.91 Å². The quantitative estimate of drug-likeness (QED) is 0.763. The predicted molar refractivity (Wildman–Crippen MR) is 94.1 cm³/mol. The maximum Gasteiger partial charge on any atom is 0.274 e. The van der Waals surface area contributed by atoms with Crippen LogP contribution in [0.4, 0.5) is 10.1 Å². The van der Waals surface area contributed by atoms with Crippen LogP contribution in [0, 0.1) is 19.7 Å². The summed E-state index contributed by atoms with van der Waals surface area (Å²) in [5, 5.41) is 2.79. The van der Waals surface area contributed by atoms with Crippen molar-refractivity contribution in [3.05, 3.63) is 70.6 Å². The lowest BCUT2D eigenvalue weighted by Gasteiger charge is -2.09. The number of hydrogen-bond acceptors (Lipinski definition) is 4. The fourth-order valence-corrected chi connectivity index (χ4v) is 2.42. The largest absolute Gasteiger partial charge is 0.319 e. The van der Waals surface area contributed by atoms with Crippen LogP contribution in [0.3, 0.4) is 0 Å². The molecule has 1 aromatic carbocycles. The second kappa shape index (κ2) is 6.94. The molecule has 0 saturated carbocycles. The van der Waals surface area contributed by atoms with Crippen molar-refractivity contribution >= 4 is 23.2 Å². The molecule has 7 heteroatoms. The Morgan fingerprint density at radius 3 is 2.64 bits per heavy atom. The second-order valence-corrected chi connectivity index (χ2v) is 5.86. The van der Waals surface area contributed by atoms with Crippen molar-refractivity contribution in [2.45, 2.75) is 13.8 Å². The number of anilines is 1. The van der Waals surface area contributed by atoms with Gasteiger partial charge in [0.2, 0.25) is 0 Å². The first-order chi connectivity index (χ1) is 11.9. The van der Waals surface area contributed by atoms with E-state index in [4.69, 9.17) is 11.6 Å². The van der Waals surface area contributed by atoms with Gasteiger partial charge in [0.1, 0.15) is 17.8 Å². The van der Waals surface area contributed by atoms with Gasteiger partial charge in [0.05, 0.1) is 22.1 Å². The van der Waals surface area contributed by atoms with Crippen LogP contribution in [0.5, 0.6) is 0 Å².